The molecule has 0 saturated carbocycles. The second kappa shape index (κ2) is 7.08. The van der Waals surface area contributed by atoms with Gasteiger partial charge in [-0.3, -0.25) is 14.6 Å². The van der Waals surface area contributed by atoms with Crippen molar-refractivity contribution in [2.24, 2.45) is 0 Å². The predicted octanol–water partition coefficient (Wildman–Crippen LogP) is 3.67. The smallest absolute Gasteiger partial charge is 0.262 e. The Morgan fingerprint density at radius 2 is 2.22 bits per heavy atom. The highest BCUT2D eigenvalue weighted by Gasteiger charge is 2.31. The SMILES string of the molecule is Cc1c(C(=O)NC2CCCN(c3cccnc3)C2=O)sc2ccc(F)cc12. The Labute approximate surface area is 159 Å². The van der Waals surface area contributed by atoms with Gasteiger partial charge in [0.1, 0.15) is 11.9 Å². The third-order valence-electron chi connectivity index (χ3n) is 4.81. The van der Waals surface area contributed by atoms with Crippen molar-refractivity contribution in [1.29, 1.82) is 0 Å². The zero-order valence-corrected chi connectivity index (χ0v) is 15.6. The van der Waals surface area contributed by atoms with Gasteiger partial charge >= 0.3 is 0 Å². The molecule has 3 aromatic rings. The third kappa shape index (κ3) is 3.30. The summed E-state index contributed by atoms with van der Waals surface area (Å²) in [5, 5.41) is 3.60. The van der Waals surface area contributed by atoms with E-state index in [1.54, 1.807) is 36.4 Å². The highest BCUT2D eigenvalue weighted by atomic mass is 32.1. The number of hydrogen-bond acceptors (Lipinski definition) is 4. The van der Waals surface area contributed by atoms with Crippen LogP contribution in [0.3, 0.4) is 0 Å². The van der Waals surface area contributed by atoms with Crippen LogP contribution in [0.1, 0.15) is 28.1 Å². The minimum atomic E-state index is -0.576. The minimum absolute atomic E-state index is 0.132. The maximum Gasteiger partial charge on any atom is 0.262 e. The minimum Gasteiger partial charge on any atom is -0.340 e. The van der Waals surface area contributed by atoms with E-state index in [1.807, 2.05) is 6.07 Å². The lowest BCUT2D eigenvalue weighted by Crippen LogP contribution is -2.52. The summed E-state index contributed by atoms with van der Waals surface area (Å²) < 4.78 is 14.4. The average molecular weight is 383 g/mol. The molecule has 5 nitrogen and oxygen atoms in total. The van der Waals surface area contributed by atoms with Crippen LogP contribution >= 0.6 is 11.3 Å². The first-order chi connectivity index (χ1) is 13.0. The summed E-state index contributed by atoms with van der Waals surface area (Å²) >= 11 is 1.31. The molecule has 0 spiro atoms. The van der Waals surface area contributed by atoms with Gasteiger partial charge in [0, 0.05) is 17.4 Å². The fourth-order valence-electron chi connectivity index (χ4n) is 3.41. The fraction of sp³-hybridized carbons (Fsp3) is 0.250. The Balaban J connectivity index is 1.56. The number of hydrogen-bond donors (Lipinski definition) is 1. The Morgan fingerprint density at radius 1 is 1.37 bits per heavy atom. The van der Waals surface area contributed by atoms with Gasteiger partial charge in [-0.25, -0.2) is 4.39 Å². The Morgan fingerprint density at radius 3 is 3.00 bits per heavy atom. The largest absolute Gasteiger partial charge is 0.340 e. The lowest BCUT2D eigenvalue weighted by molar-refractivity contribution is -0.121. The molecular weight excluding hydrogens is 365 g/mol. The number of piperidine rings is 1. The van der Waals surface area contributed by atoms with E-state index in [0.717, 1.165) is 27.8 Å². The molecule has 3 heterocycles. The summed E-state index contributed by atoms with van der Waals surface area (Å²) in [4.78, 5) is 31.9. The van der Waals surface area contributed by atoms with Gasteiger partial charge in [0.2, 0.25) is 5.91 Å². The number of nitrogens with zero attached hydrogens (tertiary/aromatic N) is 2. The molecule has 1 fully saturated rings. The monoisotopic (exact) mass is 383 g/mol. The lowest BCUT2D eigenvalue weighted by atomic mass is 10.0. The van der Waals surface area contributed by atoms with Gasteiger partial charge in [-0.05, 0) is 61.0 Å². The van der Waals surface area contributed by atoms with Crippen LogP contribution in [-0.4, -0.2) is 29.4 Å². The van der Waals surface area contributed by atoms with Crippen molar-refractivity contribution < 1.29 is 14.0 Å². The van der Waals surface area contributed by atoms with E-state index in [2.05, 4.69) is 10.3 Å². The van der Waals surface area contributed by atoms with Gasteiger partial charge in [-0.2, -0.15) is 0 Å². The summed E-state index contributed by atoms with van der Waals surface area (Å²) in [6, 6.07) is 7.54. The van der Waals surface area contributed by atoms with Gasteiger partial charge in [0.25, 0.3) is 5.91 Å². The first kappa shape index (κ1) is 17.6. The molecule has 1 aliphatic rings. The van der Waals surface area contributed by atoms with Crippen LogP contribution in [0, 0.1) is 12.7 Å². The summed E-state index contributed by atoms with van der Waals surface area (Å²) in [6.45, 7) is 2.41. The molecule has 2 amide bonds. The lowest BCUT2D eigenvalue weighted by Gasteiger charge is -2.32. The molecule has 1 atom stereocenters. The van der Waals surface area contributed by atoms with Crippen molar-refractivity contribution >= 4 is 38.9 Å². The van der Waals surface area contributed by atoms with Crippen LogP contribution < -0.4 is 10.2 Å². The third-order valence-corrected chi connectivity index (χ3v) is 6.08. The number of pyridine rings is 1. The van der Waals surface area contributed by atoms with Crippen molar-refractivity contribution in [3.05, 3.63) is 59.0 Å². The molecule has 1 unspecified atom stereocenters. The van der Waals surface area contributed by atoms with Gasteiger partial charge in [-0.15, -0.1) is 11.3 Å². The average Bonchev–Trinajstić information content (AvgIpc) is 3.00. The fourth-order valence-corrected chi connectivity index (χ4v) is 4.51. The number of anilines is 1. The van der Waals surface area contributed by atoms with E-state index < -0.39 is 6.04 Å². The molecular formula is C20H18FN3O2S. The van der Waals surface area contributed by atoms with Crippen LogP contribution in [0.25, 0.3) is 10.1 Å². The standard InChI is InChI=1S/C20H18FN3O2S/c1-12-15-10-13(21)6-7-17(15)27-18(12)19(25)23-16-5-3-9-24(20(16)26)14-4-2-8-22-11-14/h2,4,6-8,10-11,16H,3,5,9H2,1H3,(H,23,25). The molecule has 27 heavy (non-hydrogen) atoms. The van der Waals surface area contributed by atoms with Crippen molar-refractivity contribution in [3.8, 4) is 0 Å². The molecule has 4 rings (SSSR count). The molecule has 0 aliphatic carbocycles. The quantitative estimate of drug-likeness (QED) is 0.751. The molecule has 7 heteroatoms. The second-order valence-corrected chi connectivity index (χ2v) is 7.62. The highest BCUT2D eigenvalue weighted by molar-refractivity contribution is 7.21. The maximum absolute atomic E-state index is 13.5. The topological polar surface area (TPSA) is 62.3 Å². The predicted molar refractivity (Wildman–Crippen MR) is 104 cm³/mol. The van der Waals surface area contributed by atoms with E-state index >= 15 is 0 Å². The van der Waals surface area contributed by atoms with Crippen molar-refractivity contribution in [3.63, 3.8) is 0 Å². The number of rotatable bonds is 3. The number of carbonyl (C=O) groups excluding carboxylic acids is 2. The number of benzene rings is 1. The number of aryl methyl sites for hydroxylation is 1. The molecule has 1 N–H and O–H groups in total. The van der Waals surface area contributed by atoms with Crippen LogP contribution in [-0.2, 0) is 4.79 Å². The van der Waals surface area contributed by atoms with E-state index in [0.29, 0.717) is 17.8 Å². The molecule has 0 bridgehead atoms. The van der Waals surface area contributed by atoms with E-state index in [4.69, 9.17) is 0 Å². The van der Waals surface area contributed by atoms with E-state index in [1.165, 1.54) is 23.5 Å². The normalized spacial score (nSPS) is 17.3. The van der Waals surface area contributed by atoms with Crippen LogP contribution in [0.2, 0.25) is 0 Å². The number of thiophene rings is 1. The van der Waals surface area contributed by atoms with Crippen molar-refractivity contribution in [2.75, 3.05) is 11.4 Å². The summed E-state index contributed by atoms with van der Waals surface area (Å²) in [5.41, 5.74) is 1.47. The number of aromatic nitrogens is 1. The number of halogens is 1. The number of carbonyl (C=O) groups is 2. The summed E-state index contributed by atoms with van der Waals surface area (Å²) in [7, 11) is 0. The maximum atomic E-state index is 13.5. The summed E-state index contributed by atoms with van der Waals surface area (Å²) in [6.07, 6.45) is 4.69. The Hall–Kier alpha value is -2.80. The molecule has 1 saturated heterocycles. The van der Waals surface area contributed by atoms with E-state index in [-0.39, 0.29) is 17.6 Å². The van der Waals surface area contributed by atoms with Gasteiger partial charge in [-0.1, -0.05) is 0 Å². The molecule has 0 radical (unpaired) electrons. The van der Waals surface area contributed by atoms with Crippen molar-refractivity contribution in [2.45, 2.75) is 25.8 Å². The van der Waals surface area contributed by atoms with Crippen LogP contribution in [0.5, 0.6) is 0 Å². The van der Waals surface area contributed by atoms with Crippen LogP contribution in [0.4, 0.5) is 10.1 Å². The first-order valence-electron chi connectivity index (χ1n) is 8.75. The van der Waals surface area contributed by atoms with Crippen molar-refractivity contribution in [1.82, 2.24) is 10.3 Å². The van der Waals surface area contributed by atoms with Crippen LogP contribution in [0.15, 0.2) is 42.7 Å². The molecule has 1 aromatic carbocycles. The zero-order chi connectivity index (χ0) is 19.0. The Bertz CT molecular complexity index is 1020. The van der Waals surface area contributed by atoms with Gasteiger partial charge in [0.15, 0.2) is 0 Å². The second-order valence-electron chi connectivity index (χ2n) is 6.57. The zero-order valence-electron chi connectivity index (χ0n) is 14.7. The molecule has 138 valence electrons. The number of nitrogens with one attached hydrogen (secondary N) is 1. The molecule has 1 aliphatic heterocycles. The van der Waals surface area contributed by atoms with Gasteiger partial charge < -0.3 is 10.2 Å². The van der Waals surface area contributed by atoms with Gasteiger partial charge in [0.05, 0.1) is 16.8 Å². The first-order valence-corrected chi connectivity index (χ1v) is 9.57. The van der Waals surface area contributed by atoms with E-state index in [9.17, 15) is 14.0 Å². The highest BCUT2D eigenvalue weighted by Crippen LogP contribution is 2.31. The Kier molecular flexibility index (Phi) is 4.61. The summed E-state index contributed by atoms with van der Waals surface area (Å²) in [5.74, 6) is -0.752. The number of fused-ring (bicyclic) bond motifs is 1. The molecule has 2 aromatic heterocycles. The number of amides is 2.